The summed E-state index contributed by atoms with van der Waals surface area (Å²) in [6.07, 6.45) is 5.96. The van der Waals surface area contributed by atoms with Gasteiger partial charge in [0.2, 0.25) is 0 Å². The monoisotopic (exact) mass is 218 g/mol. The lowest BCUT2D eigenvalue weighted by Crippen LogP contribution is -2.24. The lowest BCUT2D eigenvalue weighted by Gasteiger charge is -2.02. The van der Waals surface area contributed by atoms with Gasteiger partial charge in [-0.05, 0) is 0 Å². The summed E-state index contributed by atoms with van der Waals surface area (Å²) < 4.78 is 0. The molecule has 0 fully saturated rings. The number of aromatic nitrogens is 4. The molecule has 0 aliphatic heterocycles. The molecule has 2 rings (SSSR count). The van der Waals surface area contributed by atoms with Gasteiger partial charge in [-0.25, -0.2) is 15.0 Å². The molecule has 0 saturated heterocycles. The zero-order chi connectivity index (χ0) is 11.4. The molecule has 0 unspecified atom stereocenters. The number of hydrogen-bond acceptors (Lipinski definition) is 5. The maximum absolute atomic E-state index is 11.6. The van der Waals surface area contributed by atoms with Gasteiger partial charge < -0.3 is 16.0 Å². The van der Waals surface area contributed by atoms with Gasteiger partial charge in [0, 0.05) is 12.4 Å². The number of nitrogen functional groups attached to an aromatic ring is 1. The van der Waals surface area contributed by atoms with Crippen molar-refractivity contribution >= 4 is 11.7 Å². The van der Waals surface area contributed by atoms with Crippen molar-refractivity contribution in [1.82, 2.24) is 25.3 Å². The van der Waals surface area contributed by atoms with Gasteiger partial charge in [0.25, 0.3) is 5.91 Å². The molecule has 2 heterocycles. The molecule has 1 amide bonds. The molecule has 7 heteroatoms. The van der Waals surface area contributed by atoms with Crippen LogP contribution < -0.4 is 11.1 Å². The highest BCUT2D eigenvalue weighted by atomic mass is 16.1. The number of nitrogens with two attached hydrogens (primary N) is 1. The van der Waals surface area contributed by atoms with E-state index < -0.39 is 0 Å². The Bertz CT molecular complexity index is 463. The van der Waals surface area contributed by atoms with Crippen molar-refractivity contribution in [3.63, 3.8) is 0 Å². The van der Waals surface area contributed by atoms with Crippen molar-refractivity contribution in [2.24, 2.45) is 0 Å². The Balaban J connectivity index is 1.95. The first kappa shape index (κ1) is 10.1. The fraction of sp³-hybridized carbons (Fsp3) is 0.111. The molecule has 2 aromatic heterocycles. The average molecular weight is 218 g/mol. The lowest BCUT2D eigenvalue weighted by molar-refractivity contribution is 0.0944. The molecule has 82 valence electrons. The number of aromatic amines is 1. The molecule has 0 aliphatic rings. The number of amides is 1. The highest BCUT2D eigenvalue weighted by molar-refractivity contribution is 5.91. The van der Waals surface area contributed by atoms with Crippen molar-refractivity contribution in [2.45, 2.75) is 6.54 Å². The van der Waals surface area contributed by atoms with Crippen LogP contribution in [0.15, 0.2) is 24.8 Å². The van der Waals surface area contributed by atoms with Crippen LogP contribution in [-0.4, -0.2) is 25.8 Å². The van der Waals surface area contributed by atoms with Crippen LogP contribution in [-0.2, 0) is 6.54 Å². The maximum atomic E-state index is 11.6. The Kier molecular flexibility index (Phi) is 2.77. The van der Waals surface area contributed by atoms with E-state index in [1.54, 1.807) is 12.4 Å². The molecular formula is C9H10N6O. The quantitative estimate of drug-likeness (QED) is 0.655. The van der Waals surface area contributed by atoms with Crippen LogP contribution in [0.3, 0.4) is 0 Å². The van der Waals surface area contributed by atoms with Gasteiger partial charge in [0.05, 0.1) is 18.9 Å². The van der Waals surface area contributed by atoms with Gasteiger partial charge in [0.1, 0.15) is 17.3 Å². The molecule has 0 aliphatic carbocycles. The first-order valence-corrected chi connectivity index (χ1v) is 4.59. The molecule has 7 nitrogen and oxygen atoms in total. The van der Waals surface area contributed by atoms with Crippen LogP contribution in [0.25, 0.3) is 0 Å². The third-order valence-electron chi connectivity index (χ3n) is 1.88. The van der Waals surface area contributed by atoms with Crippen LogP contribution >= 0.6 is 0 Å². The Morgan fingerprint density at radius 3 is 2.88 bits per heavy atom. The number of H-pyrrole nitrogens is 1. The largest absolute Gasteiger partial charge is 0.382 e. The van der Waals surface area contributed by atoms with E-state index in [0.717, 1.165) is 0 Å². The smallest absolute Gasteiger partial charge is 0.271 e. The molecule has 0 spiro atoms. The van der Waals surface area contributed by atoms with Crippen molar-refractivity contribution in [3.8, 4) is 0 Å². The second-order valence-electron chi connectivity index (χ2n) is 3.05. The van der Waals surface area contributed by atoms with E-state index in [1.807, 2.05) is 0 Å². The van der Waals surface area contributed by atoms with E-state index in [0.29, 0.717) is 12.4 Å². The third kappa shape index (κ3) is 2.32. The highest BCUT2D eigenvalue weighted by Crippen LogP contribution is 1.96. The van der Waals surface area contributed by atoms with Crippen molar-refractivity contribution in [2.75, 3.05) is 5.73 Å². The van der Waals surface area contributed by atoms with Crippen molar-refractivity contribution < 1.29 is 4.79 Å². The van der Waals surface area contributed by atoms with E-state index >= 15 is 0 Å². The summed E-state index contributed by atoms with van der Waals surface area (Å²) in [5.74, 6) is 0.642. The Hall–Kier alpha value is -2.44. The summed E-state index contributed by atoms with van der Waals surface area (Å²) in [7, 11) is 0. The summed E-state index contributed by atoms with van der Waals surface area (Å²) in [6, 6.07) is 0. The van der Waals surface area contributed by atoms with E-state index in [9.17, 15) is 4.79 Å². The summed E-state index contributed by atoms with van der Waals surface area (Å²) in [5.41, 5.74) is 5.58. The molecule has 16 heavy (non-hydrogen) atoms. The standard InChI is InChI=1S/C9H10N6O/c10-7-4-13-6(3-14-7)9(16)15-5-8-11-1-2-12-8/h1-4H,5H2,(H2,10,14)(H,11,12)(H,15,16). The minimum atomic E-state index is -0.316. The Morgan fingerprint density at radius 2 is 2.25 bits per heavy atom. The molecular weight excluding hydrogens is 208 g/mol. The fourth-order valence-corrected chi connectivity index (χ4v) is 1.10. The average Bonchev–Trinajstić information content (AvgIpc) is 2.80. The minimum Gasteiger partial charge on any atom is -0.382 e. The Morgan fingerprint density at radius 1 is 1.38 bits per heavy atom. The summed E-state index contributed by atoms with van der Waals surface area (Å²) >= 11 is 0. The molecule has 4 N–H and O–H groups in total. The van der Waals surface area contributed by atoms with Gasteiger partial charge in [-0.15, -0.1) is 0 Å². The second-order valence-corrected chi connectivity index (χ2v) is 3.05. The number of imidazole rings is 1. The van der Waals surface area contributed by atoms with Crippen LogP contribution in [0.1, 0.15) is 16.3 Å². The number of nitrogens with one attached hydrogen (secondary N) is 2. The van der Waals surface area contributed by atoms with Gasteiger partial charge in [-0.1, -0.05) is 0 Å². The SMILES string of the molecule is Nc1cnc(C(=O)NCc2ncc[nH]2)cn1. The molecule has 0 atom stereocenters. The van der Waals surface area contributed by atoms with Gasteiger partial charge in [-0.2, -0.15) is 0 Å². The highest BCUT2D eigenvalue weighted by Gasteiger charge is 2.07. The molecule has 0 aromatic carbocycles. The van der Waals surface area contributed by atoms with E-state index in [-0.39, 0.29) is 17.4 Å². The fourth-order valence-electron chi connectivity index (χ4n) is 1.10. The lowest BCUT2D eigenvalue weighted by atomic mass is 10.4. The van der Waals surface area contributed by atoms with Crippen molar-refractivity contribution in [3.05, 3.63) is 36.3 Å². The van der Waals surface area contributed by atoms with Crippen LogP contribution in [0.2, 0.25) is 0 Å². The second kappa shape index (κ2) is 4.39. The van der Waals surface area contributed by atoms with Crippen LogP contribution in [0, 0.1) is 0 Å². The molecule has 0 bridgehead atoms. The summed E-state index contributed by atoms with van der Waals surface area (Å²) in [6.45, 7) is 0.317. The number of anilines is 1. The van der Waals surface area contributed by atoms with Crippen molar-refractivity contribution in [1.29, 1.82) is 0 Å². The first-order valence-electron chi connectivity index (χ1n) is 4.59. The number of nitrogens with zero attached hydrogens (tertiary/aromatic N) is 3. The molecule has 0 saturated carbocycles. The summed E-state index contributed by atoms with van der Waals surface area (Å²) in [4.78, 5) is 26.0. The number of carbonyl (C=O) groups is 1. The number of rotatable bonds is 3. The first-order chi connectivity index (χ1) is 7.75. The third-order valence-corrected chi connectivity index (χ3v) is 1.88. The number of carbonyl (C=O) groups excluding carboxylic acids is 1. The Labute approximate surface area is 91.1 Å². The van der Waals surface area contributed by atoms with E-state index in [2.05, 4.69) is 25.3 Å². The van der Waals surface area contributed by atoms with Crippen LogP contribution in [0.5, 0.6) is 0 Å². The van der Waals surface area contributed by atoms with Gasteiger partial charge in [0.15, 0.2) is 0 Å². The van der Waals surface area contributed by atoms with Crippen LogP contribution in [0.4, 0.5) is 5.82 Å². The predicted molar refractivity (Wildman–Crippen MR) is 56.2 cm³/mol. The summed E-state index contributed by atoms with van der Waals surface area (Å²) in [5, 5.41) is 2.64. The van der Waals surface area contributed by atoms with E-state index in [4.69, 9.17) is 5.73 Å². The predicted octanol–water partition coefficient (Wildman–Crippen LogP) is -0.288. The number of hydrogen-bond donors (Lipinski definition) is 3. The minimum absolute atomic E-state index is 0.223. The normalized spacial score (nSPS) is 10.0. The zero-order valence-corrected chi connectivity index (χ0v) is 8.34. The molecule has 2 aromatic rings. The maximum Gasteiger partial charge on any atom is 0.271 e. The zero-order valence-electron chi connectivity index (χ0n) is 8.34. The van der Waals surface area contributed by atoms with Gasteiger partial charge in [-0.3, -0.25) is 4.79 Å². The van der Waals surface area contributed by atoms with E-state index in [1.165, 1.54) is 12.4 Å². The van der Waals surface area contributed by atoms with Gasteiger partial charge >= 0.3 is 0 Å². The topological polar surface area (TPSA) is 110 Å². The molecule has 0 radical (unpaired) electrons.